The molecule has 0 aliphatic carbocycles. The highest BCUT2D eigenvalue weighted by atomic mass is 35.5. The zero-order valence-electron chi connectivity index (χ0n) is 13.5. The number of aromatic nitrogens is 1. The van der Waals surface area contributed by atoms with Gasteiger partial charge in [-0.1, -0.05) is 23.7 Å². The van der Waals surface area contributed by atoms with E-state index in [0.29, 0.717) is 23.8 Å². The number of amides is 1. The number of pyridine rings is 1. The summed E-state index contributed by atoms with van der Waals surface area (Å²) in [6.45, 7) is 5.01. The molecular formula is C18H20ClN3O2. The first-order valence-corrected chi connectivity index (χ1v) is 8.36. The number of carbonyl (C=O) groups excluding carboxylic acids is 1. The van der Waals surface area contributed by atoms with Crippen LogP contribution in [0.2, 0.25) is 5.02 Å². The van der Waals surface area contributed by atoms with E-state index in [0.717, 1.165) is 24.5 Å². The number of hydrogen-bond donors (Lipinski definition) is 1. The monoisotopic (exact) mass is 345 g/mol. The Balaban J connectivity index is 1.63. The van der Waals surface area contributed by atoms with Crippen molar-refractivity contribution in [1.82, 2.24) is 10.3 Å². The Morgan fingerprint density at radius 2 is 1.92 bits per heavy atom. The number of halogens is 1. The molecule has 0 unspecified atom stereocenters. The van der Waals surface area contributed by atoms with E-state index >= 15 is 0 Å². The lowest BCUT2D eigenvalue weighted by molar-refractivity contribution is 0.0939. The Morgan fingerprint density at radius 1 is 1.21 bits per heavy atom. The molecule has 1 fully saturated rings. The van der Waals surface area contributed by atoms with Gasteiger partial charge in [-0.3, -0.25) is 4.79 Å². The first-order chi connectivity index (χ1) is 11.6. The van der Waals surface area contributed by atoms with Crippen LogP contribution in [0.15, 0.2) is 42.6 Å². The second kappa shape index (κ2) is 7.64. The number of anilines is 1. The van der Waals surface area contributed by atoms with Crippen LogP contribution < -0.4 is 10.2 Å². The fourth-order valence-electron chi connectivity index (χ4n) is 2.61. The van der Waals surface area contributed by atoms with Gasteiger partial charge < -0.3 is 15.0 Å². The minimum absolute atomic E-state index is 0.103. The summed E-state index contributed by atoms with van der Waals surface area (Å²) in [5.41, 5.74) is 1.55. The number of nitrogens with one attached hydrogen (secondary N) is 1. The van der Waals surface area contributed by atoms with Gasteiger partial charge in [-0.05, 0) is 36.8 Å². The molecule has 1 saturated heterocycles. The number of benzene rings is 1. The first-order valence-electron chi connectivity index (χ1n) is 7.98. The van der Waals surface area contributed by atoms with Crippen LogP contribution in [0.25, 0.3) is 0 Å². The molecule has 1 aliphatic heterocycles. The molecule has 1 amide bonds. The fourth-order valence-corrected chi connectivity index (χ4v) is 2.74. The van der Waals surface area contributed by atoms with Crippen molar-refractivity contribution in [2.45, 2.75) is 13.0 Å². The van der Waals surface area contributed by atoms with Crippen molar-refractivity contribution in [2.75, 3.05) is 31.2 Å². The minimum atomic E-state index is -0.140. The molecule has 2 aromatic rings. The number of morpholine rings is 1. The van der Waals surface area contributed by atoms with Crippen LogP contribution >= 0.6 is 11.6 Å². The second-order valence-electron chi connectivity index (χ2n) is 5.75. The van der Waals surface area contributed by atoms with Crippen molar-refractivity contribution in [3.8, 4) is 0 Å². The van der Waals surface area contributed by atoms with Gasteiger partial charge in [-0.15, -0.1) is 0 Å². The molecule has 1 aromatic heterocycles. The molecular weight excluding hydrogens is 326 g/mol. The highest BCUT2D eigenvalue weighted by molar-refractivity contribution is 6.30. The molecule has 0 spiro atoms. The number of carbonyl (C=O) groups is 1. The maximum Gasteiger partial charge on any atom is 0.253 e. The average molecular weight is 346 g/mol. The van der Waals surface area contributed by atoms with Crippen LogP contribution in [0.5, 0.6) is 0 Å². The van der Waals surface area contributed by atoms with Crippen molar-refractivity contribution in [3.63, 3.8) is 0 Å². The van der Waals surface area contributed by atoms with Gasteiger partial charge in [0.1, 0.15) is 5.82 Å². The molecule has 24 heavy (non-hydrogen) atoms. The van der Waals surface area contributed by atoms with Crippen molar-refractivity contribution in [1.29, 1.82) is 0 Å². The lowest BCUT2D eigenvalue weighted by Gasteiger charge is -2.27. The molecule has 1 N–H and O–H groups in total. The standard InChI is InChI=1S/C18H20ClN3O2/c1-13(14-2-5-16(19)6-3-14)21-18(23)15-4-7-17(20-12-15)22-8-10-24-11-9-22/h2-7,12-13H,8-11H2,1H3,(H,21,23)/t13-/m0/s1. The third-order valence-corrected chi connectivity index (χ3v) is 4.31. The summed E-state index contributed by atoms with van der Waals surface area (Å²) in [5.74, 6) is 0.735. The topological polar surface area (TPSA) is 54.5 Å². The second-order valence-corrected chi connectivity index (χ2v) is 6.19. The number of ether oxygens (including phenoxy) is 1. The van der Waals surface area contributed by atoms with Gasteiger partial charge in [0.15, 0.2) is 0 Å². The predicted octanol–water partition coefficient (Wildman–Crippen LogP) is 3.06. The van der Waals surface area contributed by atoms with Gasteiger partial charge >= 0.3 is 0 Å². The number of hydrogen-bond acceptors (Lipinski definition) is 4. The molecule has 3 rings (SSSR count). The summed E-state index contributed by atoms with van der Waals surface area (Å²) >= 11 is 5.89. The van der Waals surface area contributed by atoms with Crippen molar-refractivity contribution in [2.24, 2.45) is 0 Å². The van der Waals surface area contributed by atoms with E-state index in [4.69, 9.17) is 16.3 Å². The van der Waals surface area contributed by atoms with E-state index in [2.05, 4.69) is 15.2 Å². The van der Waals surface area contributed by atoms with E-state index < -0.39 is 0 Å². The molecule has 5 nitrogen and oxygen atoms in total. The molecule has 0 saturated carbocycles. The van der Waals surface area contributed by atoms with Crippen LogP contribution in [0.3, 0.4) is 0 Å². The summed E-state index contributed by atoms with van der Waals surface area (Å²) in [5, 5.41) is 3.66. The normalized spacial score (nSPS) is 15.8. The summed E-state index contributed by atoms with van der Waals surface area (Å²) in [6, 6.07) is 11.0. The summed E-state index contributed by atoms with van der Waals surface area (Å²) in [7, 11) is 0. The van der Waals surface area contributed by atoms with Gasteiger partial charge in [0.2, 0.25) is 0 Å². The van der Waals surface area contributed by atoms with Gasteiger partial charge in [0, 0.05) is 24.3 Å². The Hall–Kier alpha value is -2.11. The smallest absolute Gasteiger partial charge is 0.253 e. The molecule has 2 heterocycles. The van der Waals surface area contributed by atoms with Crippen molar-refractivity contribution < 1.29 is 9.53 Å². The average Bonchev–Trinajstić information content (AvgIpc) is 2.63. The van der Waals surface area contributed by atoms with Gasteiger partial charge in [-0.2, -0.15) is 0 Å². The van der Waals surface area contributed by atoms with E-state index in [9.17, 15) is 4.79 Å². The van der Waals surface area contributed by atoms with E-state index in [1.807, 2.05) is 43.3 Å². The lowest BCUT2D eigenvalue weighted by Crippen LogP contribution is -2.36. The van der Waals surface area contributed by atoms with Gasteiger partial charge in [0.05, 0.1) is 24.8 Å². The zero-order chi connectivity index (χ0) is 16.9. The SMILES string of the molecule is C[C@H](NC(=O)c1ccc(N2CCOCC2)nc1)c1ccc(Cl)cc1. The highest BCUT2D eigenvalue weighted by Gasteiger charge is 2.15. The lowest BCUT2D eigenvalue weighted by atomic mass is 10.1. The molecule has 1 aromatic carbocycles. The van der Waals surface area contributed by atoms with Crippen LogP contribution in [-0.2, 0) is 4.74 Å². The van der Waals surface area contributed by atoms with E-state index in [1.165, 1.54) is 0 Å². The molecule has 126 valence electrons. The Morgan fingerprint density at radius 3 is 2.54 bits per heavy atom. The fraction of sp³-hybridized carbons (Fsp3) is 0.333. The van der Waals surface area contributed by atoms with Crippen LogP contribution in [0.4, 0.5) is 5.82 Å². The molecule has 1 atom stereocenters. The summed E-state index contributed by atoms with van der Waals surface area (Å²) < 4.78 is 5.33. The van der Waals surface area contributed by atoms with Crippen molar-refractivity contribution >= 4 is 23.3 Å². The largest absolute Gasteiger partial charge is 0.378 e. The van der Waals surface area contributed by atoms with Gasteiger partial charge in [0.25, 0.3) is 5.91 Å². The Kier molecular flexibility index (Phi) is 5.33. The summed E-state index contributed by atoms with van der Waals surface area (Å²) in [4.78, 5) is 18.9. The van der Waals surface area contributed by atoms with E-state index in [1.54, 1.807) is 6.20 Å². The molecule has 0 radical (unpaired) electrons. The zero-order valence-corrected chi connectivity index (χ0v) is 14.3. The third kappa shape index (κ3) is 4.04. The Bertz CT molecular complexity index is 682. The predicted molar refractivity (Wildman–Crippen MR) is 94.6 cm³/mol. The maximum atomic E-state index is 12.4. The quantitative estimate of drug-likeness (QED) is 0.925. The molecule has 6 heteroatoms. The van der Waals surface area contributed by atoms with E-state index in [-0.39, 0.29) is 11.9 Å². The van der Waals surface area contributed by atoms with Crippen molar-refractivity contribution in [3.05, 3.63) is 58.7 Å². The summed E-state index contributed by atoms with van der Waals surface area (Å²) in [6.07, 6.45) is 1.62. The number of rotatable bonds is 4. The minimum Gasteiger partial charge on any atom is -0.378 e. The molecule has 1 aliphatic rings. The Labute approximate surface area is 146 Å². The van der Waals surface area contributed by atoms with Crippen LogP contribution in [0, 0.1) is 0 Å². The molecule has 0 bridgehead atoms. The highest BCUT2D eigenvalue weighted by Crippen LogP contribution is 2.17. The third-order valence-electron chi connectivity index (χ3n) is 4.06. The van der Waals surface area contributed by atoms with Gasteiger partial charge in [-0.25, -0.2) is 4.98 Å². The first kappa shape index (κ1) is 16.7. The van der Waals surface area contributed by atoms with Crippen LogP contribution in [0.1, 0.15) is 28.9 Å². The maximum absolute atomic E-state index is 12.4. The number of nitrogens with zero attached hydrogens (tertiary/aromatic N) is 2. The van der Waals surface area contributed by atoms with Crippen LogP contribution in [-0.4, -0.2) is 37.2 Å².